The van der Waals surface area contributed by atoms with Crippen LogP contribution in [0.4, 0.5) is 0 Å². The number of hydrogen-bond donors (Lipinski definition) is 1. The molecule has 0 radical (unpaired) electrons. The molecule has 21 heavy (non-hydrogen) atoms. The summed E-state index contributed by atoms with van der Waals surface area (Å²) in [6.45, 7) is 1.42. The van der Waals surface area contributed by atoms with Gasteiger partial charge in [-0.25, -0.2) is 0 Å². The molecule has 1 saturated heterocycles. The van der Waals surface area contributed by atoms with Gasteiger partial charge in [-0.2, -0.15) is 0 Å². The Labute approximate surface area is 129 Å². The van der Waals surface area contributed by atoms with E-state index in [1.165, 1.54) is 4.88 Å². The van der Waals surface area contributed by atoms with Gasteiger partial charge in [-0.15, -0.1) is 11.3 Å². The molecular formula is C17H19NO2S. The highest BCUT2D eigenvalue weighted by Gasteiger charge is 2.17. The number of benzene rings is 1. The summed E-state index contributed by atoms with van der Waals surface area (Å²) in [4.78, 5) is 13.7. The molecule has 1 atom stereocenters. The zero-order chi connectivity index (χ0) is 14.5. The third-order valence-electron chi connectivity index (χ3n) is 3.72. The Morgan fingerprint density at radius 1 is 1.29 bits per heavy atom. The molecule has 0 aliphatic carbocycles. The number of carbonyl (C=O) groups excluding carboxylic acids is 1. The van der Waals surface area contributed by atoms with E-state index in [-0.39, 0.29) is 12.0 Å². The highest BCUT2D eigenvalue weighted by Crippen LogP contribution is 2.18. The summed E-state index contributed by atoms with van der Waals surface area (Å²) in [5, 5.41) is 5.07. The maximum Gasteiger partial charge on any atom is 0.251 e. The van der Waals surface area contributed by atoms with Gasteiger partial charge in [0.05, 0.1) is 6.10 Å². The molecule has 1 N–H and O–H groups in total. The lowest BCUT2D eigenvalue weighted by molar-refractivity contribution is 0.0857. The van der Waals surface area contributed by atoms with Crippen molar-refractivity contribution in [3.05, 3.63) is 57.8 Å². The molecular weight excluding hydrogens is 282 g/mol. The van der Waals surface area contributed by atoms with Gasteiger partial charge in [0.25, 0.3) is 5.91 Å². The molecule has 0 spiro atoms. The van der Waals surface area contributed by atoms with Crippen LogP contribution < -0.4 is 5.32 Å². The number of nitrogens with one attached hydrogen (secondary N) is 1. The van der Waals surface area contributed by atoms with Crippen LogP contribution >= 0.6 is 11.3 Å². The molecule has 1 aromatic heterocycles. The Morgan fingerprint density at radius 2 is 2.19 bits per heavy atom. The number of ether oxygens (including phenoxy) is 1. The zero-order valence-corrected chi connectivity index (χ0v) is 12.7. The van der Waals surface area contributed by atoms with Crippen molar-refractivity contribution in [3.63, 3.8) is 0 Å². The van der Waals surface area contributed by atoms with Crippen LogP contribution in [0.1, 0.15) is 33.6 Å². The molecule has 3 rings (SSSR count). The van der Waals surface area contributed by atoms with Gasteiger partial charge < -0.3 is 10.1 Å². The zero-order valence-electron chi connectivity index (χ0n) is 11.9. The van der Waals surface area contributed by atoms with Crippen molar-refractivity contribution in [1.82, 2.24) is 5.32 Å². The van der Waals surface area contributed by atoms with Gasteiger partial charge in [0.1, 0.15) is 0 Å². The minimum absolute atomic E-state index is 0.00217. The summed E-state index contributed by atoms with van der Waals surface area (Å²) in [5.74, 6) is -0.00217. The van der Waals surface area contributed by atoms with Crippen molar-refractivity contribution in [2.75, 3.05) is 13.2 Å². The second-order valence-electron chi connectivity index (χ2n) is 5.26. The Morgan fingerprint density at radius 3 is 2.95 bits per heavy atom. The van der Waals surface area contributed by atoms with E-state index in [1.807, 2.05) is 30.3 Å². The minimum Gasteiger partial charge on any atom is -0.376 e. The summed E-state index contributed by atoms with van der Waals surface area (Å²) >= 11 is 1.72. The fourth-order valence-corrected chi connectivity index (χ4v) is 3.33. The molecule has 2 heterocycles. The van der Waals surface area contributed by atoms with Gasteiger partial charge in [0, 0.05) is 30.0 Å². The van der Waals surface area contributed by atoms with E-state index in [2.05, 4.69) is 16.8 Å². The van der Waals surface area contributed by atoms with Crippen molar-refractivity contribution in [3.8, 4) is 0 Å². The van der Waals surface area contributed by atoms with Crippen LogP contribution in [0.5, 0.6) is 0 Å². The molecule has 0 bridgehead atoms. The topological polar surface area (TPSA) is 38.3 Å². The lowest BCUT2D eigenvalue weighted by Crippen LogP contribution is -2.32. The maximum atomic E-state index is 12.4. The highest BCUT2D eigenvalue weighted by molar-refractivity contribution is 7.09. The van der Waals surface area contributed by atoms with Crippen molar-refractivity contribution in [1.29, 1.82) is 0 Å². The quantitative estimate of drug-likeness (QED) is 0.920. The van der Waals surface area contributed by atoms with E-state index in [1.54, 1.807) is 11.3 Å². The lowest BCUT2D eigenvalue weighted by Gasteiger charge is -2.13. The second-order valence-corrected chi connectivity index (χ2v) is 6.29. The summed E-state index contributed by atoms with van der Waals surface area (Å²) in [5.41, 5.74) is 1.84. The first-order valence-electron chi connectivity index (χ1n) is 7.33. The monoisotopic (exact) mass is 301 g/mol. The largest absolute Gasteiger partial charge is 0.376 e. The smallest absolute Gasteiger partial charge is 0.251 e. The molecule has 1 amide bonds. The van der Waals surface area contributed by atoms with E-state index in [0.29, 0.717) is 6.54 Å². The van der Waals surface area contributed by atoms with Crippen LogP contribution in [0, 0.1) is 0 Å². The highest BCUT2D eigenvalue weighted by atomic mass is 32.1. The average molecular weight is 301 g/mol. The molecule has 3 nitrogen and oxygen atoms in total. The predicted molar refractivity (Wildman–Crippen MR) is 84.9 cm³/mol. The molecule has 110 valence electrons. The molecule has 4 heteroatoms. The molecule has 1 aliphatic rings. The molecule has 0 saturated carbocycles. The first-order valence-corrected chi connectivity index (χ1v) is 8.21. The van der Waals surface area contributed by atoms with E-state index in [4.69, 9.17) is 4.74 Å². The van der Waals surface area contributed by atoms with Crippen LogP contribution in [0.25, 0.3) is 0 Å². The van der Waals surface area contributed by atoms with E-state index in [9.17, 15) is 4.79 Å². The van der Waals surface area contributed by atoms with Gasteiger partial charge in [-0.05, 0) is 35.9 Å². The SMILES string of the molecule is O=C(NCC1CCCO1)c1ccccc1Cc1cccs1. The first-order chi connectivity index (χ1) is 10.3. The summed E-state index contributed by atoms with van der Waals surface area (Å²) in [6.07, 6.45) is 3.12. The number of hydrogen-bond acceptors (Lipinski definition) is 3. The second kappa shape index (κ2) is 6.87. The number of carbonyl (C=O) groups is 1. The number of rotatable bonds is 5. The van der Waals surface area contributed by atoms with Crippen LogP contribution in [0.3, 0.4) is 0 Å². The average Bonchev–Trinajstić information content (AvgIpc) is 3.18. The number of thiophene rings is 1. The standard InChI is InChI=1S/C17H19NO2S/c19-17(18-12-14-6-3-9-20-14)16-8-2-1-5-13(16)11-15-7-4-10-21-15/h1-2,4-5,7-8,10,14H,3,6,9,11-12H2,(H,18,19). The Balaban J connectivity index is 1.67. The van der Waals surface area contributed by atoms with Gasteiger partial charge in [0.2, 0.25) is 0 Å². The lowest BCUT2D eigenvalue weighted by atomic mass is 10.0. The first kappa shape index (κ1) is 14.3. The van der Waals surface area contributed by atoms with Gasteiger partial charge in [-0.1, -0.05) is 24.3 Å². The van der Waals surface area contributed by atoms with E-state index >= 15 is 0 Å². The van der Waals surface area contributed by atoms with Crippen LogP contribution in [0.15, 0.2) is 41.8 Å². The van der Waals surface area contributed by atoms with Crippen molar-refractivity contribution in [2.45, 2.75) is 25.4 Å². The molecule has 1 aromatic carbocycles. The summed E-state index contributed by atoms with van der Waals surface area (Å²) in [7, 11) is 0. The minimum atomic E-state index is -0.00217. The third kappa shape index (κ3) is 3.71. The maximum absolute atomic E-state index is 12.4. The molecule has 1 unspecified atom stereocenters. The fourth-order valence-electron chi connectivity index (χ4n) is 2.60. The fraction of sp³-hybridized carbons (Fsp3) is 0.353. The predicted octanol–water partition coefficient (Wildman–Crippen LogP) is 3.25. The third-order valence-corrected chi connectivity index (χ3v) is 4.60. The summed E-state index contributed by atoms with van der Waals surface area (Å²) in [6, 6.07) is 12.0. The Kier molecular flexibility index (Phi) is 4.68. The number of amides is 1. The summed E-state index contributed by atoms with van der Waals surface area (Å²) < 4.78 is 5.54. The Bertz CT molecular complexity index is 589. The van der Waals surface area contributed by atoms with Crippen molar-refractivity contribution < 1.29 is 9.53 Å². The molecule has 1 fully saturated rings. The molecule has 1 aliphatic heterocycles. The van der Waals surface area contributed by atoms with E-state index in [0.717, 1.165) is 37.0 Å². The molecule has 2 aromatic rings. The van der Waals surface area contributed by atoms with Gasteiger partial charge in [0.15, 0.2) is 0 Å². The normalized spacial score (nSPS) is 17.8. The van der Waals surface area contributed by atoms with Crippen molar-refractivity contribution in [2.24, 2.45) is 0 Å². The van der Waals surface area contributed by atoms with Crippen LogP contribution in [-0.2, 0) is 11.2 Å². The van der Waals surface area contributed by atoms with Gasteiger partial charge in [-0.3, -0.25) is 4.79 Å². The van der Waals surface area contributed by atoms with E-state index < -0.39 is 0 Å². The Hall–Kier alpha value is -1.65. The van der Waals surface area contributed by atoms with Gasteiger partial charge >= 0.3 is 0 Å². The van der Waals surface area contributed by atoms with Crippen LogP contribution in [-0.4, -0.2) is 25.2 Å². The van der Waals surface area contributed by atoms with Crippen LogP contribution in [0.2, 0.25) is 0 Å². The van der Waals surface area contributed by atoms with Crippen molar-refractivity contribution >= 4 is 17.2 Å².